The molecule has 6 heteroatoms. The molecule has 31 heavy (non-hydrogen) atoms. The highest BCUT2D eigenvalue weighted by molar-refractivity contribution is 5.92. The summed E-state index contributed by atoms with van der Waals surface area (Å²) in [5.74, 6) is 0.0460. The van der Waals surface area contributed by atoms with E-state index in [0.29, 0.717) is 6.54 Å². The Bertz CT molecular complexity index is 1180. The zero-order valence-electron chi connectivity index (χ0n) is 17.4. The second-order valence-corrected chi connectivity index (χ2v) is 7.99. The van der Waals surface area contributed by atoms with Gasteiger partial charge < -0.3 is 5.32 Å². The van der Waals surface area contributed by atoms with Crippen LogP contribution in [0.4, 0.5) is 5.69 Å². The fourth-order valence-electron chi connectivity index (χ4n) is 4.16. The molecule has 4 aromatic rings. The van der Waals surface area contributed by atoms with E-state index >= 15 is 0 Å². The molecule has 1 aliphatic rings. The average molecular weight is 412 g/mol. The zero-order valence-corrected chi connectivity index (χ0v) is 17.4. The number of imidazole rings is 1. The van der Waals surface area contributed by atoms with Gasteiger partial charge in [-0.1, -0.05) is 12.5 Å². The topological polar surface area (TPSA) is 63.1 Å². The molecule has 0 unspecified atom stereocenters. The second kappa shape index (κ2) is 8.70. The molecule has 3 heterocycles. The number of fused-ring (bicyclic) bond motifs is 1. The van der Waals surface area contributed by atoms with E-state index < -0.39 is 0 Å². The molecule has 0 saturated carbocycles. The highest BCUT2D eigenvalue weighted by Crippen LogP contribution is 2.26. The number of rotatable bonds is 5. The number of nitrogens with one attached hydrogen (secondary N) is 1. The first-order valence-electron chi connectivity index (χ1n) is 10.8. The molecule has 0 radical (unpaired) electrons. The monoisotopic (exact) mass is 411 g/mol. The summed E-state index contributed by atoms with van der Waals surface area (Å²) in [6, 6.07) is 18.2. The Kier molecular flexibility index (Phi) is 5.46. The fourth-order valence-corrected chi connectivity index (χ4v) is 4.16. The van der Waals surface area contributed by atoms with Crippen LogP contribution >= 0.6 is 0 Å². The lowest BCUT2D eigenvalue weighted by Gasteiger charge is -2.25. The lowest BCUT2D eigenvalue weighted by atomic mass is 10.1. The molecule has 1 amide bonds. The summed E-state index contributed by atoms with van der Waals surface area (Å²) in [5, 5.41) is 3.02. The molecule has 5 rings (SSSR count). The minimum absolute atomic E-state index is 0.0460. The van der Waals surface area contributed by atoms with Gasteiger partial charge in [-0.3, -0.25) is 19.2 Å². The number of amides is 1. The number of pyridine rings is 1. The van der Waals surface area contributed by atoms with E-state index in [0.717, 1.165) is 46.6 Å². The molecule has 1 aliphatic heterocycles. The Morgan fingerprint density at radius 2 is 1.68 bits per heavy atom. The number of anilines is 1. The first kappa shape index (κ1) is 19.5. The van der Waals surface area contributed by atoms with Crippen LogP contribution in [0.5, 0.6) is 0 Å². The maximum atomic E-state index is 12.4. The second-order valence-electron chi connectivity index (χ2n) is 7.99. The van der Waals surface area contributed by atoms with E-state index in [-0.39, 0.29) is 5.91 Å². The summed E-state index contributed by atoms with van der Waals surface area (Å²) in [7, 11) is 0. The van der Waals surface area contributed by atoms with E-state index in [1.165, 1.54) is 19.3 Å². The lowest BCUT2D eigenvalue weighted by Crippen LogP contribution is -2.36. The van der Waals surface area contributed by atoms with E-state index in [4.69, 9.17) is 0 Å². The molecule has 0 bridgehead atoms. The number of likely N-dealkylation sites (tertiary alicyclic amines) is 1. The standard InChI is InChI=1S/C25H25N5O/c31-25(17-29-14-2-1-3-15-29)28-21-5-7-22(8-6-21)30-18-27-23-9-4-20(16-24(23)30)19-10-12-26-13-11-19/h4-13,16,18H,1-3,14-15,17H2,(H,28,31). The maximum absolute atomic E-state index is 12.4. The van der Waals surface area contributed by atoms with Crippen LogP contribution in [0.1, 0.15) is 19.3 Å². The quantitative estimate of drug-likeness (QED) is 0.525. The number of hydrogen-bond acceptors (Lipinski definition) is 4. The Labute approximate surface area is 181 Å². The van der Waals surface area contributed by atoms with Crippen LogP contribution in [0, 0.1) is 0 Å². The van der Waals surface area contributed by atoms with Gasteiger partial charge in [-0.2, -0.15) is 0 Å². The van der Waals surface area contributed by atoms with Gasteiger partial charge in [0.25, 0.3) is 0 Å². The van der Waals surface area contributed by atoms with Crippen molar-refractivity contribution in [1.29, 1.82) is 0 Å². The normalized spacial score (nSPS) is 14.6. The van der Waals surface area contributed by atoms with Crippen LogP contribution in [0.3, 0.4) is 0 Å². The number of benzene rings is 2. The number of carbonyl (C=O) groups is 1. The first-order valence-corrected chi connectivity index (χ1v) is 10.8. The number of hydrogen-bond donors (Lipinski definition) is 1. The Morgan fingerprint density at radius 3 is 2.45 bits per heavy atom. The minimum Gasteiger partial charge on any atom is -0.325 e. The van der Waals surface area contributed by atoms with Gasteiger partial charge in [0.1, 0.15) is 6.33 Å². The van der Waals surface area contributed by atoms with Crippen LogP contribution < -0.4 is 5.32 Å². The van der Waals surface area contributed by atoms with Gasteiger partial charge >= 0.3 is 0 Å². The predicted octanol–water partition coefficient (Wildman–Crippen LogP) is 4.51. The molecule has 156 valence electrons. The van der Waals surface area contributed by atoms with Crippen molar-refractivity contribution in [3.05, 3.63) is 73.3 Å². The highest BCUT2D eigenvalue weighted by atomic mass is 16.2. The molecule has 2 aromatic carbocycles. The van der Waals surface area contributed by atoms with Crippen molar-refractivity contribution >= 4 is 22.6 Å². The zero-order chi connectivity index (χ0) is 21.0. The SMILES string of the molecule is O=C(CN1CCCCC1)Nc1ccc(-n2cnc3ccc(-c4ccncc4)cc32)cc1. The van der Waals surface area contributed by atoms with E-state index in [2.05, 4.69) is 36.9 Å². The van der Waals surface area contributed by atoms with Crippen molar-refractivity contribution in [2.75, 3.05) is 25.0 Å². The molecule has 0 aliphatic carbocycles. The van der Waals surface area contributed by atoms with E-state index in [1.807, 2.05) is 48.8 Å². The summed E-state index contributed by atoms with van der Waals surface area (Å²) in [6.07, 6.45) is 9.08. The number of carbonyl (C=O) groups excluding carboxylic acids is 1. The van der Waals surface area contributed by atoms with Crippen molar-refractivity contribution < 1.29 is 4.79 Å². The van der Waals surface area contributed by atoms with Crippen LogP contribution in [-0.4, -0.2) is 45.0 Å². The van der Waals surface area contributed by atoms with Gasteiger partial charge in [0.2, 0.25) is 5.91 Å². The maximum Gasteiger partial charge on any atom is 0.238 e. The van der Waals surface area contributed by atoms with Gasteiger partial charge in [-0.05, 0) is 85.6 Å². The van der Waals surface area contributed by atoms with Crippen molar-refractivity contribution in [2.45, 2.75) is 19.3 Å². The Morgan fingerprint density at radius 1 is 0.903 bits per heavy atom. The van der Waals surface area contributed by atoms with Crippen LogP contribution in [0.2, 0.25) is 0 Å². The van der Waals surface area contributed by atoms with Crippen LogP contribution in [0.15, 0.2) is 73.3 Å². The van der Waals surface area contributed by atoms with Crippen LogP contribution in [0.25, 0.3) is 27.8 Å². The van der Waals surface area contributed by atoms with Gasteiger partial charge in [0.15, 0.2) is 0 Å². The molecule has 1 saturated heterocycles. The highest BCUT2D eigenvalue weighted by Gasteiger charge is 2.14. The Hall–Kier alpha value is -3.51. The summed E-state index contributed by atoms with van der Waals surface area (Å²) in [6.45, 7) is 2.49. The van der Waals surface area contributed by atoms with Crippen LogP contribution in [-0.2, 0) is 4.79 Å². The van der Waals surface area contributed by atoms with Gasteiger partial charge in [0.05, 0.1) is 17.6 Å². The van der Waals surface area contributed by atoms with Crippen molar-refractivity contribution in [3.8, 4) is 16.8 Å². The summed E-state index contributed by atoms with van der Waals surface area (Å²) < 4.78 is 2.07. The lowest BCUT2D eigenvalue weighted by molar-refractivity contribution is -0.117. The van der Waals surface area contributed by atoms with Crippen molar-refractivity contribution in [1.82, 2.24) is 19.4 Å². The number of nitrogens with zero attached hydrogens (tertiary/aromatic N) is 4. The molecular weight excluding hydrogens is 386 g/mol. The summed E-state index contributed by atoms with van der Waals surface area (Å²) in [5.41, 5.74) is 6.04. The average Bonchev–Trinajstić information content (AvgIpc) is 3.24. The third-order valence-electron chi connectivity index (χ3n) is 5.81. The minimum atomic E-state index is 0.0460. The number of aromatic nitrogens is 3. The fraction of sp³-hybridized carbons (Fsp3) is 0.240. The predicted molar refractivity (Wildman–Crippen MR) is 123 cm³/mol. The third kappa shape index (κ3) is 4.34. The molecule has 1 N–H and O–H groups in total. The van der Waals surface area contributed by atoms with Crippen molar-refractivity contribution in [3.63, 3.8) is 0 Å². The van der Waals surface area contributed by atoms with E-state index in [9.17, 15) is 4.79 Å². The van der Waals surface area contributed by atoms with Gasteiger partial charge in [0, 0.05) is 23.8 Å². The molecule has 6 nitrogen and oxygen atoms in total. The van der Waals surface area contributed by atoms with Gasteiger partial charge in [-0.15, -0.1) is 0 Å². The largest absolute Gasteiger partial charge is 0.325 e. The smallest absolute Gasteiger partial charge is 0.238 e. The molecule has 0 atom stereocenters. The molecule has 2 aromatic heterocycles. The first-order chi connectivity index (χ1) is 15.3. The Balaban J connectivity index is 1.34. The molecule has 1 fully saturated rings. The van der Waals surface area contributed by atoms with E-state index in [1.54, 1.807) is 12.4 Å². The van der Waals surface area contributed by atoms with Crippen molar-refractivity contribution in [2.24, 2.45) is 0 Å². The van der Waals surface area contributed by atoms with Gasteiger partial charge in [-0.25, -0.2) is 4.98 Å². The molecule has 0 spiro atoms. The summed E-state index contributed by atoms with van der Waals surface area (Å²) >= 11 is 0. The number of piperidine rings is 1. The third-order valence-corrected chi connectivity index (χ3v) is 5.81. The summed E-state index contributed by atoms with van der Waals surface area (Å²) in [4.78, 5) is 23.2. The molecular formula is C25H25N5O.